The molecule has 3 fully saturated rings. The Morgan fingerprint density at radius 2 is 1.93 bits per heavy atom. The van der Waals surface area contributed by atoms with E-state index in [1.165, 1.54) is 25.7 Å². The van der Waals surface area contributed by atoms with E-state index in [0.29, 0.717) is 11.8 Å². The quantitative estimate of drug-likeness (QED) is 0.784. The molecule has 2 saturated carbocycles. The van der Waals surface area contributed by atoms with Crippen LogP contribution in [-0.4, -0.2) is 39.0 Å². The fraction of sp³-hybridized carbons (Fsp3) is 0.636. The molecule has 6 nitrogen and oxygen atoms in total. The third-order valence-corrected chi connectivity index (χ3v) is 6.80. The number of pyridine rings is 1. The number of hydrogen-bond donors (Lipinski definition) is 0. The van der Waals surface area contributed by atoms with Crippen molar-refractivity contribution in [3.05, 3.63) is 30.4 Å². The highest BCUT2D eigenvalue weighted by Gasteiger charge is 2.46. The van der Waals surface area contributed by atoms with Crippen LogP contribution in [-0.2, 0) is 10.2 Å². The summed E-state index contributed by atoms with van der Waals surface area (Å²) in [5, 5.41) is 4.42. The Morgan fingerprint density at radius 1 is 1.14 bits per heavy atom. The van der Waals surface area contributed by atoms with Gasteiger partial charge >= 0.3 is 0 Å². The fourth-order valence-electron chi connectivity index (χ4n) is 5.12. The van der Waals surface area contributed by atoms with Crippen molar-refractivity contribution in [3.8, 4) is 11.5 Å². The van der Waals surface area contributed by atoms with Crippen molar-refractivity contribution in [2.45, 2.75) is 63.2 Å². The van der Waals surface area contributed by atoms with Crippen LogP contribution in [0.15, 0.2) is 29.0 Å². The molecule has 0 N–H and O–H groups in total. The lowest BCUT2D eigenvalue weighted by molar-refractivity contribution is -0.137. The molecule has 6 heteroatoms. The van der Waals surface area contributed by atoms with Crippen LogP contribution in [0.4, 0.5) is 0 Å². The molecule has 0 bridgehead atoms. The minimum atomic E-state index is -0.164. The maximum Gasteiger partial charge on any atom is 0.258 e. The van der Waals surface area contributed by atoms with Gasteiger partial charge in [-0.3, -0.25) is 9.78 Å². The lowest BCUT2D eigenvalue weighted by Gasteiger charge is -2.42. The monoisotopic (exact) mass is 380 g/mol. The van der Waals surface area contributed by atoms with E-state index in [0.717, 1.165) is 62.5 Å². The summed E-state index contributed by atoms with van der Waals surface area (Å²) in [6.07, 6.45) is 13.7. The van der Waals surface area contributed by atoms with Gasteiger partial charge in [-0.1, -0.05) is 30.8 Å². The fourth-order valence-corrected chi connectivity index (χ4v) is 5.12. The molecule has 148 valence electrons. The minimum Gasteiger partial charge on any atom is -0.341 e. The number of piperidine rings is 1. The summed E-state index contributed by atoms with van der Waals surface area (Å²) in [6, 6.07) is 3.78. The zero-order valence-electron chi connectivity index (χ0n) is 16.3. The van der Waals surface area contributed by atoms with E-state index in [2.05, 4.69) is 15.0 Å². The predicted octanol–water partition coefficient (Wildman–Crippen LogP) is 3.98. The van der Waals surface area contributed by atoms with Gasteiger partial charge in [-0.25, -0.2) is 0 Å². The first-order valence-electron chi connectivity index (χ1n) is 10.8. The summed E-state index contributed by atoms with van der Waals surface area (Å²) in [5.41, 5.74) is 0.729. The molecule has 3 aliphatic rings. The van der Waals surface area contributed by atoms with Gasteiger partial charge < -0.3 is 9.42 Å². The number of amides is 1. The first-order chi connectivity index (χ1) is 13.7. The lowest BCUT2D eigenvalue weighted by atomic mass is 9.74. The Labute approximate surface area is 165 Å². The van der Waals surface area contributed by atoms with E-state index in [4.69, 9.17) is 9.51 Å². The molecule has 2 aromatic heterocycles. The molecule has 2 aromatic rings. The maximum atomic E-state index is 13.1. The number of rotatable bonds is 5. The highest BCUT2D eigenvalue weighted by atomic mass is 16.5. The van der Waals surface area contributed by atoms with Gasteiger partial charge in [-0.15, -0.1) is 0 Å². The third-order valence-electron chi connectivity index (χ3n) is 6.80. The molecule has 1 aliphatic heterocycles. The highest BCUT2D eigenvalue weighted by molar-refractivity contribution is 5.79. The SMILES string of the molecule is O=C(C1CCCC1)N1CCCC(CC2CC2)(c2noc(-c3ccncc3)n2)C1. The van der Waals surface area contributed by atoms with Crippen molar-refractivity contribution >= 4 is 5.91 Å². The summed E-state index contributed by atoms with van der Waals surface area (Å²) >= 11 is 0. The normalized spacial score (nSPS) is 25.9. The Morgan fingerprint density at radius 3 is 2.68 bits per heavy atom. The maximum absolute atomic E-state index is 13.1. The molecular formula is C22H28N4O2. The Bertz CT molecular complexity index is 826. The molecule has 5 rings (SSSR count). The largest absolute Gasteiger partial charge is 0.341 e. The number of carbonyl (C=O) groups is 1. The van der Waals surface area contributed by atoms with Crippen LogP contribution in [0.1, 0.15) is 63.6 Å². The zero-order valence-corrected chi connectivity index (χ0v) is 16.3. The molecule has 1 atom stereocenters. The number of hydrogen-bond acceptors (Lipinski definition) is 5. The van der Waals surface area contributed by atoms with Crippen LogP contribution in [0.5, 0.6) is 0 Å². The molecule has 1 amide bonds. The average Bonchev–Trinajstić information content (AvgIpc) is 3.20. The molecule has 3 heterocycles. The van der Waals surface area contributed by atoms with Crippen molar-refractivity contribution in [2.24, 2.45) is 11.8 Å². The van der Waals surface area contributed by atoms with Crippen LogP contribution in [0.25, 0.3) is 11.5 Å². The Balaban J connectivity index is 1.42. The predicted molar refractivity (Wildman–Crippen MR) is 104 cm³/mol. The third kappa shape index (κ3) is 3.45. The van der Waals surface area contributed by atoms with Crippen LogP contribution < -0.4 is 0 Å². The van der Waals surface area contributed by atoms with E-state index < -0.39 is 0 Å². The number of likely N-dealkylation sites (tertiary alicyclic amines) is 1. The number of carbonyl (C=O) groups excluding carboxylic acids is 1. The molecule has 1 saturated heterocycles. The van der Waals surface area contributed by atoms with Crippen LogP contribution >= 0.6 is 0 Å². The van der Waals surface area contributed by atoms with E-state index in [-0.39, 0.29) is 11.3 Å². The second-order valence-electron chi connectivity index (χ2n) is 8.93. The van der Waals surface area contributed by atoms with Gasteiger partial charge in [0.25, 0.3) is 5.89 Å². The molecule has 0 spiro atoms. The van der Waals surface area contributed by atoms with Crippen molar-refractivity contribution in [1.82, 2.24) is 20.0 Å². The molecule has 2 aliphatic carbocycles. The molecule has 0 aromatic carbocycles. The first kappa shape index (κ1) is 17.8. The molecule has 0 radical (unpaired) electrons. The summed E-state index contributed by atoms with van der Waals surface area (Å²) in [7, 11) is 0. The van der Waals surface area contributed by atoms with Crippen LogP contribution in [0.2, 0.25) is 0 Å². The van der Waals surface area contributed by atoms with Crippen molar-refractivity contribution in [3.63, 3.8) is 0 Å². The van der Waals surface area contributed by atoms with E-state index in [9.17, 15) is 4.79 Å². The van der Waals surface area contributed by atoms with Gasteiger partial charge in [0, 0.05) is 37.0 Å². The van der Waals surface area contributed by atoms with Crippen LogP contribution in [0, 0.1) is 11.8 Å². The topological polar surface area (TPSA) is 72.1 Å². The van der Waals surface area contributed by atoms with Gasteiger partial charge in [0.15, 0.2) is 5.82 Å². The molecular weight excluding hydrogens is 352 g/mol. The Hall–Kier alpha value is -2.24. The second-order valence-corrected chi connectivity index (χ2v) is 8.93. The van der Waals surface area contributed by atoms with Gasteiger partial charge in [0.2, 0.25) is 5.91 Å². The van der Waals surface area contributed by atoms with E-state index in [1.54, 1.807) is 12.4 Å². The summed E-state index contributed by atoms with van der Waals surface area (Å²) in [4.78, 5) is 24.1. The molecule has 28 heavy (non-hydrogen) atoms. The summed E-state index contributed by atoms with van der Waals surface area (Å²) in [5.74, 6) is 2.66. The lowest BCUT2D eigenvalue weighted by Crippen LogP contribution is -2.50. The zero-order chi connectivity index (χ0) is 19.0. The first-order valence-corrected chi connectivity index (χ1v) is 10.8. The number of nitrogens with zero attached hydrogens (tertiary/aromatic N) is 4. The molecule has 1 unspecified atom stereocenters. The Kier molecular flexibility index (Phi) is 4.65. The van der Waals surface area contributed by atoms with E-state index in [1.807, 2.05) is 12.1 Å². The smallest absolute Gasteiger partial charge is 0.258 e. The van der Waals surface area contributed by atoms with Crippen molar-refractivity contribution in [2.75, 3.05) is 13.1 Å². The van der Waals surface area contributed by atoms with Crippen molar-refractivity contribution < 1.29 is 9.32 Å². The van der Waals surface area contributed by atoms with Gasteiger partial charge in [0.1, 0.15) is 0 Å². The van der Waals surface area contributed by atoms with Gasteiger partial charge in [-0.05, 0) is 50.2 Å². The van der Waals surface area contributed by atoms with Gasteiger partial charge in [-0.2, -0.15) is 4.98 Å². The minimum absolute atomic E-state index is 0.164. The summed E-state index contributed by atoms with van der Waals surface area (Å²) < 4.78 is 5.63. The van der Waals surface area contributed by atoms with Crippen LogP contribution in [0.3, 0.4) is 0 Å². The highest BCUT2D eigenvalue weighted by Crippen LogP contribution is 2.46. The van der Waals surface area contributed by atoms with Crippen molar-refractivity contribution in [1.29, 1.82) is 0 Å². The average molecular weight is 380 g/mol. The second kappa shape index (κ2) is 7.30. The summed E-state index contributed by atoms with van der Waals surface area (Å²) in [6.45, 7) is 1.62. The standard InChI is InChI=1S/C22H28N4O2/c27-20(18-4-1-2-5-18)26-13-3-10-22(15-26,14-16-6-7-16)21-24-19(28-25-21)17-8-11-23-12-9-17/h8-9,11-12,16,18H,1-7,10,13-15H2. The number of aromatic nitrogens is 3. The van der Waals surface area contributed by atoms with E-state index >= 15 is 0 Å². The van der Waals surface area contributed by atoms with Gasteiger partial charge in [0.05, 0.1) is 5.41 Å².